The third kappa shape index (κ3) is 6.61. The highest BCUT2D eigenvalue weighted by atomic mass is 127. The number of carbonyl (C=O) groups is 2. The lowest BCUT2D eigenvalue weighted by Gasteiger charge is -2.21. The van der Waals surface area contributed by atoms with E-state index in [9.17, 15) is 9.59 Å². The van der Waals surface area contributed by atoms with Gasteiger partial charge in [0.15, 0.2) is 5.96 Å². The molecular weight excluding hydrogens is 539 g/mol. The summed E-state index contributed by atoms with van der Waals surface area (Å²) in [6.45, 7) is 5.74. The Kier molecular flexibility index (Phi) is 10.2. The maximum atomic E-state index is 12.2. The van der Waals surface area contributed by atoms with Gasteiger partial charge in [0.2, 0.25) is 5.91 Å². The van der Waals surface area contributed by atoms with Crippen LogP contribution in [0.5, 0.6) is 0 Å². The zero-order valence-corrected chi connectivity index (χ0v) is 20.5. The number of methoxy groups -OCH3 is 1. The quantitative estimate of drug-likeness (QED) is 0.248. The highest BCUT2D eigenvalue weighted by Crippen LogP contribution is 2.24. The van der Waals surface area contributed by atoms with Gasteiger partial charge in [0.05, 0.1) is 13.0 Å². The molecular formula is C19H28BrIN4O3. The predicted octanol–water partition coefficient (Wildman–Crippen LogP) is 3.02. The molecule has 0 spiro atoms. The van der Waals surface area contributed by atoms with Crippen LogP contribution >= 0.6 is 39.9 Å². The van der Waals surface area contributed by atoms with E-state index in [4.69, 9.17) is 4.74 Å². The van der Waals surface area contributed by atoms with Gasteiger partial charge in [0.25, 0.3) is 0 Å². The van der Waals surface area contributed by atoms with Crippen LogP contribution in [-0.4, -0.2) is 56.5 Å². The minimum atomic E-state index is -0.190. The minimum Gasteiger partial charge on any atom is -0.469 e. The van der Waals surface area contributed by atoms with Gasteiger partial charge < -0.3 is 20.3 Å². The molecule has 28 heavy (non-hydrogen) atoms. The summed E-state index contributed by atoms with van der Waals surface area (Å²) in [4.78, 5) is 30.3. The Labute approximate surface area is 191 Å². The number of likely N-dealkylation sites (tertiary alicyclic amines) is 1. The van der Waals surface area contributed by atoms with Crippen molar-refractivity contribution in [3.05, 3.63) is 28.2 Å². The number of carbonyl (C=O) groups excluding carboxylic acids is 2. The van der Waals surface area contributed by atoms with Crippen LogP contribution in [0.15, 0.2) is 27.7 Å². The molecule has 0 saturated carbocycles. The summed E-state index contributed by atoms with van der Waals surface area (Å²) in [5.41, 5.74) is 1.81. The van der Waals surface area contributed by atoms with E-state index in [1.807, 2.05) is 36.9 Å². The highest BCUT2D eigenvalue weighted by molar-refractivity contribution is 14.0. The number of aliphatic imine (C=N–C) groups is 1. The first-order valence-electron chi connectivity index (χ1n) is 8.95. The monoisotopic (exact) mass is 566 g/mol. The zero-order chi connectivity index (χ0) is 20.0. The van der Waals surface area contributed by atoms with Crippen molar-refractivity contribution in [3.8, 4) is 0 Å². The van der Waals surface area contributed by atoms with Crippen molar-refractivity contribution in [3.63, 3.8) is 0 Å². The van der Waals surface area contributed by atoms with Gasteiger partial charge in [-0.2, -0.15) is 0 Å². The predicted molar refractivity (Wildman–Crippen MR) is 125 cm³/mol. The van der Waals surface area contributed by atoms with Crippen molar-refractivity contribution in [2.24, 2.45) is 16.8 Å². The second-order valence-electron chi connectivity index (χ2n) is 6.74. The van der Waals surface area contributed by atoms with Crippen LogP contribution in [0.1, 0.15) is 18.9 Å². The summed E-state index contributed by atoms with van der Waals surface area (Å²) in [5.74, 6) is 0.480. The second-order valence-corrected chi connectivity index (χ2v) is 7.66. The number of aryl methyl sites for hydroxylation is 1. The number of esters is 1. The number of nitrogens with one attached hydrogen (secondary N) is 2. The van der Waals surface area contributed by atoms with E-state index in [0.29, 0.717) is 25.5 Å². The van der Waals surface area contributed by atoms with Crippen molar-refractivity contribution in [2.75, 3.05) is 39.1 Å². The van der Waals surface area contributed by atoms with Gasteiger partial charge in [-0.05, 0) is 36.6 Å². The van der Waals surface area contributed by atoms with E-state index >= 15 is 0 Å². The number of hydrogen-bond acceptors (Lipinski definition) is 4. The number of hydrogen-bond donors (Lipinski definition) is 2. The average molecular weight is 567 g/mol. The lowest BCUT2D eigenvalue weighted by atomic mass is 9.99. The number of nitrogens with zero attached hydrogens (tertiary/aromatic N) is 2. The molecule has 1 saturated heterocycles. The number of anilines is 1. The molecule has 1 aliphatic heterocycles. The molecule has 2 atom stereocenters. The first kappa shape index (κ1) is 24.7. The normalized spacial score (nSPS) is 19.0. The Morgan fingerprint density at radius 3 is 2.68 bits per heavy atom. The maximum absolute atomic E-state index is 12.2. The molecule has 0 bridgehead atoms. The fourth-order valence-corrected chi connectivity index (χ4v) is 3.67. The van der Waals surface area contributed by atoms with Crippen LogP contribution in [0.2, 0.25) is 0 Å². The summed E-state index contributed by atoms with van der Waals surface area (Å²) in [5, 5.41) is 6.13. The fourth-order valence-electron chi connectivity index (χ4n) is 3.20. The van der Waals surface area contributed by atoms with E-state index in [2.05, 4.69) is 31.6 Å². The van der Waals surface area contributed by atoms with Crippen molar-refractivity contribution in [1.82, 2.24) is 10.2 Å². The van der Waals surface area contributed by atoms with Crippen LogP contribution in [0.25, 0.3) is 0 Å². The molecule has 2 rings (SSSR count). The molecule has 1 aromatic carbocycles. The van der Waals surface area contributed by atoms with Gasteiger partial charge in [-0.3, -0.25) is 14.6 Å². The average Bonchev–Trinajstić information content (AvgIpc) is 3.02. The van der Waals surface area contributed by atoms with Gasteiger partial charge >= 0.3 is 5.97 Å². The molecule has 7 nitrogen and oxygen atoms in total. The lowest BCUT2D eigenvalue weighted by molar-refractivity contribution is -0.146. The van der Waals surface area contributed by atoms with Crippen molar-refractivity contribution >= 4 is 63.4 Å². The Bertz CT molecular complexity index is 729. The van der Waals surface area contributed by atoms with Gasteiger partial charge in [-0.15, -0.1) is 24.0 Å². The van der Waals surface area contributed by atoms with Crippen LogP contribution in [0.4, 0.5) is 5.69 Å². The van der Waals surface area contributed by atoms with E-state index in [-0.39, 0.29) is 47.7 Å². The number of guanidine groups is 1. The molecule has 1 aliphatic rings. The largest absolute Gasteiger partial charge is 0.469 e. The second kappa shape index (κ2) is 11.6. The van der Waals surface area contributed by atoms with Crippen molar-refractivity contribution < 1.29 is 14.3 Å². The summed E-state index contributed by atoms with van der Waals surface area (Å²) < 4.78 is 5.85. The summed E-state index contributed by atoms with van der Waals surface area (Å²) in [7, 11) is 3.11. The molecule has 0 radical (unpaired) electrons. The molecule has 0 aromatic heterocycles. The van der Waals surface area contributed by atoms with Gasteiger partial charge in [-0.25, -0.2) is 0 Å². The molecule has 9 heteroatoms. The van der Waals surface area contributed by atoms with E-state index in [1.165, 1.54) is 7.11 Å². The van der Waals surface area contributed by atoms with Crippen LogP contribution in [-0.2, 0) is 14.3 Å². The number of amides is 1. The van der Waals surface area contributed by atoms with Gasteiger partial charge in [0, 0.05) is 43.3 Å². The number of halogens is 2. The third-order valence-electron chi connectivity index (χ3n) is 4.73. The topological polar surface area (TPSA) is 83.0 Å². The maximum Gasteiger partial charge on any atom is 0.310 e. The van der Waals surface area contributed by atoms with E-state index in [0.717, 1.165) is 22.3 Å². The van der Waals surface area contributed by atoms with Gasteiger partial charge in [0.1, 0.15) is 0 Å². The lowest BCUT2D eigenvalue weighted by Crippen LogP contribution is -2.41. The van der Waals surface area contributed by atoms with Crippen molar-refractivity contribution in [1.29, 1.82) is 0 Å². The Hall–Kier alpha value is -1.36. The molecule has 1 amide bonds. The zero-order valence-electron chi connectivity index (χ0n) is 16.6. The van der Waals surface area contributed by atoms with Gasteiger partial charge in [-0.1, -0.05) is 22.9 Å². The summed E-state index contributed by atoms with van der Waals surface area (Å²) in [6, 6.07) is 5.74. The molecule has 2 N–H and O–H groups in total. The molecule has 1 heterocycles. The summed E-state index contributed by atoms with van der Waals surface area (Å²) in [6.07, 6.45) is 0.318. The first-order chi connectivity index (χ1) is 12.8. The SMILES string of the molecule is CN=C(NCCC(=O)Nc1ccc(Br)cc1C)N1CC(C)C(C(=O)OC)C1.I. The Morgan fingerprint density at radius 2 is 2.07 bits per heavy atom. The fraction of sp³-hybridized carbons (Fsp3) is 0.526. The van der Waals surface area contributed by atoms with E-state index < -0.39 is 0 Å². The van der Waals surface area contributed by atoms with Crippen LogP contribution in [0.3, 0.4) is 0 Å². The Morgan fingerprint density at radius 1 is 1.36 bits per heavy atom. The molecule has 1 fully saturated rings. The van der Waals surface area contributed by atoms with E-state index in [1.54, 1.807) is 7.05 Å². The van der Waals surface area contributed by atoms with Crippen LogP contribution < -0.4 is 10.6 Å². The number of benzene rings is 1. The molecule has 0 aliphatic carbocycles. The Balaban J connectivity index is 0.00000392. The first-order valence-corrected chi connectivity index (χ1v) is 9.74. The van der Waals surface area contributed by atoms with Crippen molar-refractivity contribution in [2.45, 2.75) is 20.3 Å². The smallest absolute Gasteiger partial charge is 0.310 e. The standard InChI is InChI=1S/C19H27BrN4O3.HI/c1-12-9-14(20)5-6-16(12)23-17(25)7-8-22-19(21-3)24-10-13(2)15(11-24)18(26)27-4;/h5-6,9,13,15H,7-8,10-11H2,1-4H3,(H,21,22)(H,23,25);1H. The summed E-state index contributed by atoms with van der Waals surface area (Å²) >= 11 is 3.41. The highest BCUT2D eigenvalue weighted by Gasteiger charge is 2.36. The van der Waals surface area contributed by atoms with Crippen LogP contribution in [0, 0.1) is 18.8 Å². The number of ether oxygens (including phenoxy) is 1. The molecule has 1 aromatic rings. The number of rotatable bonds is 5. The minimum absolute atomic E-state index is 0. The third-order valence-corrected chi connectivity index (χ3v) is 5.22. The molecule has 156 valence electrons. The molecule has 2 unspecified atom stereocenters.